The summed E-state index contributed by atoms with van der Waals surface area (Å²) in [5.41, 5.74) is 22.1. The Balaban J connectivity index is 1.75. The van der Waals surface area contributed by atoms with Gasteiger partial charge in [0, 0.05) is 5.54 Å². The smallest absolute Gasteiger partial charge is 0.0679 e. The van der Waals surface area contributed by atoms with Gasteiger partial charge in [-0.05, 0) is 126 Å². The molecule has 0 bridgehead atoms. The molecular weight excluding hydrogens is 545 g/mol. The Morgan fingerprint density at radius 1 is 0.727 bits per heavy atom. The number of unbranched alkanes of at least 4 members (excludes halogenated alkanes) is 3. The molecule has 0 fully saturated rings. The van der Waals surface area contributed by atoms with E-state index in [0.717, 1.165) is 0 Å². The second-order valence-electron chi connectivity index (χ2n) is 17.2. The fraction of sp³-hybridized carbons (Fsp3) is 0.581. The quantitative estimate of drug-likeness (QED) is 0.207. The Kier molecular flexibility index (Phi) is 9.00. The molecule has 0 heterocycles. The summed E-state index contributed by atoms with van der Waals surface area (Å²) < 4.78 is 0. The van der Waals surface area contributed by atoms with Gasteiger partial charge in [0.2, 0.25) is 0 Å². The first-order valence-electron chi connectivity index (χ1n) is 17.9. The van der Waals surface area contributed by atoms with Crippen LogP contribution in [0.3, 0.4) is 0 Å². The lowest BCUT2D eigenvalue weighted by Crippen LogP contribution is -2.44. The summed E-state index contributed by atoms with van der Waals surface area (Å²) in [6.07, 6.45) is 11.8. The van der Waals surface area contributed by atoms with Crippen LogP contribution in [0.4, 0.5) is 0 Å². The first-order valence-corrected chi connectivity index (χ1v) is 20.7. The molecule has 0 saturated carbocycles. The van der Waals surface area contributed by atoms with E-state index in [-0.39, 0.29) is 10.8 Å². The zero-order valence-corrected chi connectivity index (χ0v) is 31.7. The molecule has 5 rings (SSSR count). The van der Waals surface area contributed by atoms with Crippen LogP contribution in [-0.4, -0.2) is 8.07 Å². The molecule has 2 atom stereocenters. The molecule has 2 unspecified atom stereocenters. The Hall–Kier alpha value is -2.12. The van der Waals surface area contributed by atoms with Gasteiger partial charge in [0.1, 0.15) is 0 Å². The van der Waals surface area contributed by atoms with Crippen molar-refractivity contribution in [1.82, 2.24) is 0 Å². The summed E-state index contributed by atoms with van der Waals surface area (Å²) in [5.74, 6) is 0. The van der Waals surface area contributed by atoms with Crippen molar-refractivity contribution in [2.24, 2.45) is 0 Å². The number of rotatable bonds is 8. The van der Waals surface area contributed by atoms with Gasteiger partial charge >= 0.3 is 0 Å². The molecule has 44 heavy (non-hydrogen) atoms. The molecule has 0 N–H and O–H groups in total. The summed E-state index contributed by atoms with van der Waals surface area (Å²) in [4.78, 5) is 0. The lowest BCUT2D eigenvalue weighted by atomic mass is 9.77. The van der Waals surface area contributed by atoms with E-state index in [1.807, 2.05) is 0 Å². The summed E-state index contributed by atoms with van der Waals surface area (Å²) in [6.45, 7) is 31.7. The Morgan fingerprint density at radius 2 is 1.32 bits per heavy atom. The zero-order valence-electron chi connectivity index (χ0n) is 30.7. The van der Waals surface area contributed by atoms with E-state index < -0.39 is 8.07 Å². The van der Waals surface area contributed by atoms with Gasteiger partial charge in [-0.25, -0.2) is 0 Å². The molecular formula is C43H62Si. The maximum atomic E-state index is 2.81. The van der Waals surface area contributed by atoms with Crippen molar-refractivity contribution in [3.63, 3.8) is 0 Å². The fourth-order valence-electron chi connectivity index (χ4n) is 9.30. The first kappa shape index (κ1) is 33.2. The lowest BCUT2D eigenvalue weighted by Gasteiger charge is -2.43. The second kappa shape index (κ2) is 11.9. The van der Waals surface area contributed by atoms with E-state index in [9.17, 15) is 0 Å². The van der Waals surface area contributed by atoms with E-state index in [1.54, 1.807) is 55.7 Å². The van der Waals surface area contributed by atoms with Crippen LogP contribution in [0.1, 0.15) is 154 Å². The van der Waals surface area contributed by atoms with Crippen molar-refractivity contribution < 1.29 is 0 Å². The van der Waals surface area contributed by atoms with Crippen LogP contribution in [0.5, 0.6) is 0 Å². The van der Waals surface area contributed by atoms with Gasteiger partial charge in [0.05, 0.1) is 8.07 Å². The standard InChI is InChI=1S/C43H62Si/c1-14-15-16-17-21-44(13,41-30(5)28(3)29(4)31(41)6)40-27(2)22-37-38(40)25-32-19-18-20-36(32)39(37)33-23-34(42(7,8)9)26-35(24-33)43(10,11)12/h22-26,40-41H,14-21H2,1-13H3. The van der Waals surface area contributed by atoms with Crippen molar-refractivity contribution >= 4 is 14.1 Å². The van der Waals surface area contributed by atoms with Gasteiger partial charge in [-0.1, -0.05) is 134 Å². The summed E-state index contributed by atoms with van der Waals surface area (Å²) in [7, 11) is -1.88. The van der Waals surface area contributed by atoms with Crippen LogP contribution < -0.4 is 0 Å². The largest absolute Gasteiger partial charge is 0.0747 e. The normalized spacial score (nSPS) is 20.4. The molecule has 0 nitrogen and oxygen atoms in total. The van der Waals surface area contributed by atoms with Gasteiger partial charge in [-0.2, -0.15) is 0 Å². The van der Waals surface area contributed by atoms with Gasteiger partial charge < -0.3 is 0 Å². The molecule has 0 saturated heterocycles. The van der Waals surface area contributed by atoms with Crippen LogP contribution in [-0.2, 0) is 23.7 Å². The predicted molar refractivity (Wildman–Crippen MR) is 199 cm³/mol. The topological polar surface area (TPSA) is 0 Å². The number of allylic oxidation sites excluding steroid dienone is 5. The highest BCUT2D eigenvalue weighted by atomic mass is 28.3. The highest BCUT2D eigenvalue weighted by Gasteiger charge is 2.50. The third kappa shape index (κ3) is 5.69. The van der Waals surface area contributed by atoms with Crippen molar-refractivity contribution in [3.8, 4) is 11.1 Å². The average Bonchev–Trinajstić information content (AvgIpc) is 3.59. The lowest BCUT2D eigenvalue weighted by molar-refractivity contribution is 0.569. The molecule has 3 aliphatic rings. The molecule has 2 aromatic rings. The number of aryl methyl sites for hydroxylation is 1. The van der Waals surface area contributed by atoms with Crippen LogP contribution in [0.2, 0.25) is 18.1 Å². The van der Waals surface area contributed by atoms with Crippen LogP contribution >= 0.6 is 0 Å². The molecule has 3 aliphatic carbocycles. The van der Waals surface area contributed by atoms with Gasteiger partial charge in [-0.15, -0.1) is 0 Å². The maximum Gasteiger partial charge on any atom is 0.0747 e. The minimum atomic E-state index is -1.88. The van der Waals surface area contributed by atoms with Gasteiger partial charge in [0.15, 0.2) is 0 Å². The van der Waals surface area contributed by atoms with Crippen LogP contribution in [0.15, 0.2) is 52.1 Å². The number of hydrogen-bond acceptors (Lipinski definition) is 0. The van der Waals surface area contributed by atoms with E-state index in [0.29, 0.717) is 11.1 Å². The molecule has 0 aliphatic heterocycles. The molecule has 0 radical (unpaired) electrons. The SMILES string of the molecule is CCCCCC[Si](C)(C1C(C)=C(C)C(C)=C1C)C1C(C)=Cc2c1cc1c(c2-c2cc(C(C)(C)C)cc(C(C)(C)C)c2)CCC1. The molecule has 0 aromatic heterocycles. The third-order valence-electron chi connectivity index (χ3n) is 12.1. The number of hydrogen-bond donors (Lipinski definition) is 0. The van der Waals surface area contributed by atoms with Crippen molar-refractivity contribution in [1.29, 1.82) is 0 Å². The van der Waals surface area contributed by atoms with Crippen molar-refractivity contribution in [2.45, 2.75) is 163 Å². The predicted octanol–water partition coefficient (Wildman–Crippen LogP) is 13.2. The summed E-state index contributed by atoms with van der Waals surface area (Å²) >= 11 is 0. The molecule has 0 amide bonds. The Labute approximate surface area is 272 Å². The molecule has 238 valence electrons. The maximum absolute atomic E-state index is 2.81. The molecule has 0 spiro atoms. The molecule has 1 heteroatoms. The fourth-order valence-corrected chi connectivity index (χ4v) is 15.7. The van der Waals surface area contributed by atoms with Crippen LogP contribution in [0, 0.1) is 0 Å². The first-order chi connectivity index (χ1) is 20.5. The average molecular weight is 607 g/mol. The van der Waals surface area contributed by atoms with E-state index in [1.165, 1.54) is 67.7 Å². The van der Waals surface area contributed by atoms with Crippen molar-refractivity contribution in [3.05, 3.63) is 85.5 Å². The highest BCUT2D eigenvalue weighted by molar-refractivity contribution is 6.83. The third-order valence-corrected chi connectivity index (χ3v) is 17.8. The van der Waals surface area contributed by atoms with E-state index in [4.69, 9.17) is 0 Å². The Morgan fingerprint density at radius 3 is 1.86 bits per heavy atom. The minimum absolute atomic E-state index is 0.112. The summed E-state index contributed by atoms with van der Waals surface area (Å²) in [5, 5.41) is 0. The summed E-state index contributed by atoms with van der Waals surface area (Å²) in [6, 6.07) is 11.8. The second-order valence-corrected chi connectivity index (χ2v) is 21.9. The minimum Gasteiger partial charge on any atom is -0.0679 e. The highest BCUT2D eigenvalue weighted by Crippen LogP contribution is 2.58. The number of benzene rings is 2. The van der Waals surface area contributed by atoms with Gasteiger partial charge in [-0.3, -0.25) is 0 Å². The Bertz CT molecular complexity index is 1490. The van der Waals surface area contributed by atoms with E-state index >= 15 is 0 Å². The zero-order chi connectivity index (χ0) is 32.4. The number of fused-ring (bicyclic) bond motifs is 2. The van der Waals surface area contributed by atoms with Gasteiger partial charge in [0.25, 0.3) is 0 Å². The van der Waals surface area contributed by atoms with Crippen molar-refractivity contribution in [2.75, 3.05) is 0 Å². The van der Waals surface area contributed by atoms with Crippen LogP contribution in [0.25, 0.3) is 17.2 Å². The molecule has 2 aromatic carbocycles. The van der Waals surface area contributed by atoms with E-state index in [2.05, 4.69) is 120 Å². The monoisotopic (exact) mass is 606 g/mol.